The fourth-order valence-electron chi connectivity index (χ4n) is 3.06. The maximum absolute atomic E-state index is 4.75. The summed E-state index contributed by atoms with van der Waals surface area (Å²) in [6.07, 6.45) is 12.2. The summed E-state index contributed by atoms with van der Waals surface area (Å²) in [5.41, 5.74) is 5.21. The molecule has 0 radical (unpaired) electrons. The number of hydrogen-bond donors (Lipinski definition) is 3. The third-order valence-corrected chi connectivity index (χ3v) is 4.51. The lowest BCUT2D eigenvalue weighted by Gasteiger charge is -2.15. The summed E-state index contributed by atoms with van der Waals surface area (Å²) in [6.45, 7) is 8.44. The number of hydrogen-bond acceptors (Lipinski definition) is 8. The second kappa shape index (κ2) is 8.56. The number of nitrogens with zero attached hydrogens (tertiary/aromatic N) is 6. The first-order valence-electron chi connectivity index (χ1n) is 9.58. The minimum atomic E-state index is 0.143. The highest BCUT2D eigenvalue weighted by Gasteiger charge is 2.13. The lowest BCUT2D eigenvalue weighted by Crippen LogP contribution is -2.28. The molecule has 1 atom stereocenters. The Kier molecular flexibility index (Phi) is 5.51. The van der Waals surface area contributed by atoms with Crippen LogP contribution < -0.4 is 16.0 Å². The molecule has 0 aromatic carbocycles. The Morgan fingerprint density at radius 2 is 1.93 bits per heavy atom. The molecule has 30 heavy (non-hydrogen) atoms. The van der Waals surface area contributed by atoms with E-state index in [2.05, 4.69) is 49.4 Å². The summed E-state index contributed by atoms with van der Waals surface area (Å²) in [5, 5.41) is 9.70. The van der Waals surface area contributed by atoms with Crippen molar-refractivity contribution < 1.29 is 0 Å². The molecule has 0 aliphatic carbocycles. The number of rotatable bonds is 8. The summed E-state index contributed by atoms with van der Waals surface area (Å²) in [5.74, 6) is 0.569. The molecule has 0 unspecified atom stereocenters. The van der Waals surface area contributed by atoms with Crippen LogP contribution in [-0.2, 0) is 0 Å². The van der Waals surface area contributed by atoms with Crippen molar-refractivity contribution >= 4 is 23.0 Å². The molecule has 0 aliphatic heterocycles. The van der Waals surface area contributed by atoms with Crippen molar-refractivity contribution in [1.82, 2.24) is 34.6 Å². The minimum Gasteiger partial charge on any atom is -0.389 e. The fraction of sp³-hybridized carbons (Fsp3) is 0.190. The monoisotopic (exact) mass is 401 g/mol. The predicted molar refractivity (Wildman–Crippen MR) is 118 cm³/mol. The number of pyridine rings is 1. The molecule has 9 heteroatoms. The van der Waals surface area contributed by atoms with Gasteiger partial charge < -0.3 is 16.0 Å². The van der Waals surface area contributed by atoms with Gasteiger partial charge in [-0.3, -0.25) is 4.40 Å². The van der Waals surface area contributed by atoms with Crippen molar-refractivity contribution in [3.63, 3.8) is 0 Å². The van der Waals surface area contributed by atoms with Gasteiger partial charge in [-0.15, -0.1) is 0 Å². The van der Waals surface area contributed by atoms with Gasteiger partial charge in [0.2, 0.25) is 5.95 Å². The van der Waals surface area contributed by atoms with E-state index in [9.17, 15) is 0 Å². The van der Waals surface area contributed by atoms with Gasteiger partial charge in [-0.1, -0.05) is 6.58 Å². The molecule has 0 spiro atoms. The molecule has 9 nitrogen and oxygen atoms in total. The summed E-state index contributed by atoms with van der Waals surface area (Å²) >= 11 is 0. The number of aryl methyl sites for hydroxylation is 1. The third kappa shape index (κ3) is 4.19. The van der Waals surface area contributed by atoms with E-state index < -0.39 is 0 Å². The SMILES string of the molecule is C=CNC[C@@H](C)Nc1ncc(C)c(-c2cnc3ccc(Nc4cncnc4)cn23)n1. The van der Waals surface area contributed by atoms with Gasteiger partial charge in [0.1, 0.15) is 12.0 Å². The Hall–Kier alpha value is -4.01. The molecular weight excluding hydrogens is 378 g/mol. The molecule has 3 N–H and O–H groups in total. The van der Waals surface area contributed by atoms with Crippen molar-refractivity contribution in [1.29, 1.82) is 0 Å². The van der Waals surface area contributed by atoms with E-state index in [0.29, 0.717) is 5.95 Å². The third-order valence-electron chi connectivity index (χ3n) is 4.51. The highest BCUT2D eigenvalue weighted by Crippen LogP contribution is 2.25. The van der Waals surface area contributed by atoms with Gasteiger partial charge in [-0.05, 0) is 37.7 Å². The molecule has 0 bridgehead atoms. The molecule has 4 aromatic rings. The van der Waals surface area contributed by atoms with Gasteiger partial charge in [-0.2, -0.15) is 0 Å². The molecule has 0 saturated heterocycles. The minimum absolute atomic E-state index is 0.143. The Labute approximate surface area is 174 Å². The van der Waals surface area contributed by atoms with Crippen molar-refractivity contribution in [2.24, 2.45) is 0 Å². The standard InChI is InChI=1S/C21H23N9/c1-4-22-8-15(3)27-21-26-7-14(2)20(29-21)18-11-25-19-6-5-16(12-30(18)19)28-17-9-23-13-24-10-17/h4-7,9-13,15,22,28H,1,8H2,2-3H3,(H,26,27,29)/t15-/m1/s1. The topological polar surface area (TPSA) is 105 Å². The first-order valence-corrected chi connectivity index (χ1v) is 9.58. The average Bonchev–Trinajstić information content (AvgIpc) is 3.17. The smallest absolute Gasteiger partial charge is 0.223 e. The zero-order valence-electron chi connectivity index (χ0n) is 16.9. The number of nitrogens with one attached hydrogen (secondary N) is 3. The van der Waals surface area contributed by atoms with E-state index in [1.807, 2.05) is 42.0 Å². The zero-order chi connectivity index (χ0) is 20.9. The van der Waals surface area contributed by atoms with E-state index in [0.717, 1.165) is 40.5 Å². The fourth-order valence-corrected chi connectivity index (χ4v) is 3.06. The molecule has 0 aliphatic rings. The van der Waals surface area contributed by atoms with Crippen LogP contribution in [0.25, 0.3) is 17.0 Å². The molecular formula is C21H23N9. The number of aromatic nitrogens is 6. The Balaban J connectivity index is 1.66. The van der Waals surface area contributed by atoms with Crippen LogP contribution in [0.1, 0.15) is 12.5 Å². The van der Waals surface area contributed by atoms with Crippen LogP contribution in [0, 0.1) is 6.92 Å². The molecule has 152 valence electrons. The van der Waals surface area contributed by atoms with Crippen LogP contribution in [0.4, 0.5) is 17.3 Å². The Bertz CT molecular complexity index is 1150. The predicted octanol–water partition coefficient (Wildman–Crippen LogP) is 3.17. The second-order valence-electron chi connectivity index (χ2n) is 6.92. The normalized spacial score (nSPS) is 11.8. The number of fused-ring (bicyclic) bond motifs is 1. The Morgan fingerprint density at radius 3 is 2.73 bits per heavy atom. The maximum atomic E-state index is 4.75. The van der Waals surface area contributed by atoms with Gasteiger partial charge in [0.05, 0.1) is 41.4 Å². The summed E-state index contributed by atoms with van der Waals surface area (Å²) < 4.78 is 2.01. The zero-order valence-corrected chi connectivity index (χ0v) is 16.9. The first-order chi connectivity index (χ1) is 14.6. The molecule has 0 amide bonds. The quantitative estimate of drug-likeness (QED) is 0.413. The number of imidazole rings is 1. The van der Waals surface area contributed by atoms with Crippen molar-refractivity contribution in [3.8, 4) is 11.4 Å². The molecule has 4 rings (SSSR count). The van der Waals surface area contributed by atoms with Gasteiger partial charge in [-0.25, -0.2) is 24.9 Å². The summed E-state index contributed by atoms with van der Waals surface area (Å²) in [6, 6.07) is 4.06. The highest BCUT2D eigenvalue weighted by atomic mass is 15.1. The van der Waals surface area contributed by atoms with Crippen molar-refractivity contribution in [3.05, 3.63) is 67.8 Å². The van der Waals surface area contributed by atoms with E-state index in [1.54, 1.807) is 18.6 Å². The van der Waals surface area contributed by atoms with Crippen LogP contribution in [0.2, 0.25) is 0 Å². The van der Waals surface area contributed by atoms with Crippen LogP contribution >= 0.6 is 0 Å². The van der Waals surface area contributed by atoms with E-state index in [-0.39, 0.29) is 6.04 Å². The van der Waals surface area contributed by atoms with Gasteiger partial charge in [0.15, 0.2) is 0 Å². The average molecular weight is 401 g/mol. The molecule has 4 heterocycles. The summed E-state index contributed by atoms with van der Waals surface area (Å²) in [7, 11) is 0. The lowest BCUT2D eigenvalue weighted by atomic mass is 10.2. The molecule has 0 saturated carbocycles. The van der Waals surface area contributed by atoms with E-state index in [1.165, 1.54) is 6.33 Å². The van der Waals surface area contributed by atoms with Crippen molar-refractivity contribution in [2.45, 2.75) is 19.9 Å². The first kappa shape index (κ1) is 19.3. The van der Waals surface area contributed by atoms with Gasteiger partial charge >= 0.3 is 0 Å². The lowest BCUT2D eigenvalue weighted by molar-refractivity contribution is 0.719. The van der Waals surface area contributed by atoms with Crippen LogP contribution in [0.15, 0.2) is 62.2 Å². The van der Waals surface area contributed by atoms with Gasteiger partial charge in [0, 0.05) is 25.0 Å². The molecule has 0 fully saturated rings. The molecule has 4 aromatic heterocycles. The van der Waals surface area contributed by atoms with Gasteiger partial charge in [0.25, 0.3) is 0 Å². The van der Waals surface area contributed by atoms with Crippen LogP contribution in [0.5, 0.6) is 0 Å². The van der Waals surface area contributed by atoms with Crippen molar-refractivity contribution in [2.75, 3.05) is 17.2 Å². The van der Waals surface area contributed by atoms with E-state index >= 15 is 0 Å². The maximum Gasteiger partial charge on any atom is 0.223 e. The Morgan fingerprint density at radius 1 is 1.10 bits per heavy atom. The largest absolute Gasteiger partial charge is 0.389 e. The van der Waals surface area contributed by atoms with Crippen LogP contribution in [-0.4, -0.2) is 41.9 Å². The van der Waals surface area contributed by atoms with E-state index in [4.69, 9.17) is 4.98 Å². The second-order valence-corrected chi connectivity index (χ2v) is 6.92. The number of anilines is 3. The van der Waals surface area contributed by atoms with Crippen LogP contribution in [0.3, 0.4) is 0 Å². The highest BCUT2D eigenvalue weighted by molar-refractivity contribution is 5.67. The summed E-state index contributed by atoms with van der Waals surface area (Å²) in [4.78, 5) is 21.8.